The van der Waals surface area contributed by atoms with Crippen molar-refractivity contribution in [3.8, 4) is 0 Å². The molecule has 1 saturated heterocycles. The van der Waals surface area contributed by atoms with E-state index in [1.807, 2.05) is 0 Å². The molecule has 9 heteroatoms. The van der Waals surface area contributed by atoms with E-state index in [9.17, 15) is 27.9 Å². The van der Waals surface area contributed by atoms with Crippen molar-refractivity contribution in [1.29, 1.82) is 0 Å². The van der Waals surface area contributed by atoms with Gasteiger partial charge >= 0.3 is 12.1 Å². The maximum absolute atomic E-state index is 13.0. The van der Waals surface area contributed by atoms with Gasteiger partial charge in [-0.15, -0.1) is 0 Å². The molecule has 0 bridgehead atoms. The molecule has 1 aliphatic rings. The van der Waals surface area contributed by atoms with Crippen LogP contribution in [-0.2, 0) is 14.3 Å². The van der Waals surface area contributed by atoms with Gasteiger partial charge in [0.2, 0.25) is 5.78 Å². The molecule has 0 aromatic rings. The number of hydrogen-bond acceptors (Lipinski definition) is 6. The van der Waals surface area contributed by atoms with Gasteiger partial charge in [-0.1, -0.05) is 0 Å². The topological polar surface area (TPSA) is 92.9 Å². The third kappa shape index (κ3) is 4.21. The minimum Gasteiger partial charge on any atom is -0.459 e. The van der Waals surface area contributed by atoms with E-state index in [1.165, 1.54) is 4.90 Å². The molecular weight excluding hydrogens is 317 g/mol. The van der Waals surface area contributed by atoms with Crippen molar-refractivity contribution in [2.75, 3.05) is 19.8 Å². The molecular formula is C14H23F3N2O4. The first-order chi connectivity index (χ1) is 10.4. The standard InChI is InChI=1S/C14H23F3N2O4/c1-12(2,3)23-10(21)9-13(7-20,11(22)14(15,16)17)5-4-6-19(9)8-18/h9,20H,4-8,18H2,1-3H3. The number of nitrogens with two attached hydrogens (primary N) is 1. The number of likely N-dealkylation sites (tertiary alicyclic amines) is 1. The van der Waals surface area contributed by atoms with Gasteiger partial charge < -0.3 is 15.6 Å². The van der Waals surface area contributed by atoms with Crippen LogP contribution in [0.1, 0.15) is 33.6 Å². The number of carbonyl (C=O) groups is 2. The Kier molecular flexibility index (Phi) is 5.82. The van der Waals surface area contributed by atoms with E-state index in [0.717, 1.165) is 0 Å². The number of carbonyl (C=O) groups excluding carboxylic acids is 2. The lowest BCUT2D eigenvalue weighted by molar-refractivity contribution is -0.199. The number of halogens is 3. The van der Waals surface area contributed by atoms with Gasteiger partial charge in [-0.25, -0.2) is 0 Å². The van der Waals surface area contributed by atoms with Gasteiger partial charge in [0.1, 0.15) is 11.6 Å². The SMILES string of the molecule is CC(C)(C)OC(=O)C1N(CN)CCCC1(CO)C(=O)C(F)(F)F. The lowest BCUT2D eigenvalue weighted by Gasteiger charge is -2.46. The highest BCUT2D eigenvalue weighted by Crippen LogP contribution is 2.42. The fourth-order valence-electron chi connectivity index (χ4n) is 2.90. The third-order valence-electron chi connectivity index (χ3n) is 3.81. The predicted octanol–water partition coefficient (Wildman–Crippen LogP) is 0.819. The smallest absolute Gasteiger partial charge is 0.450 e. The number of alkyl halides is 3. The zero-order chi connectivity index (χ0) is 18.1. The molecule has 0 aromatic carbocycles. The highest BCUT2D eigenvalue weighted by atomic mass is 19.4. The summed E-state index contributed by atoms with van der Waals surface area (Å²) < 4.78 is 44.2. The molecule has 0 spiro atoms. The Morgan fingerprint density at radius 2 is 1.91 bits per heavy atom. The normalized spacial score (nSPS) is 26.9. The summed E-state index contributed by atoms with van der Waals surface area (Å²) in [5, 5.41) is 9.61. The summed E-state index contributed by atoms with van der Waals surface area (Å²) in [5.74, 6) is -3.11. The maximum Gasteiger partial charge on any atom is 0.450 e. The third-order valence-corrected chi connectivity index (χ3v) is 3.81. The second kappa shape index (κ2) is 6.74. The zero-order valence-corrected chi connectivity index (χ0v) is 13.4. The molecule has 0 saturated carbocycles. The van der Waals surface area contributed by atoms with Crippen LogP contribution in [0.25, 0.3) is 0 Å². The molecule has 2 unspecified atom stereocenters. The van der Waals surface area contributed by atoms with Crippen LogP contribution in [0.2, 0.25) is 0 Å². The summed E-state index contributed by atoms with van der Waals surface area (Å²) in [4.78, 5) is 25.6. The van der Waals surface area contributed by atoms with Crippen molar-refractivity contribution >= 4 is 11.8 Å². The Morgan fingerprint density at radius 3 is 2.30 bits per heavy atom. The molecule has 23 heavy (non-hydrogen) atoms. The predicted molar refractivity (Wildman–Crippen MR) is 75.2 cm³/mol. The van der Waals surface area contributed by atoms with E-state index in [-0.39, 0.29) is 26.1 Å². The van der Waals surface area contributed by atoms with Crippen LogP contribution in [0.15, 0.2) is 0 Å². The second-order valence-electron chi connectivity index (χ2n) is 6.68. The average molecular weight is 340 g/mol. The van der Waals surface area contributed by atoms with Crippen LogP contribution in [0, 0.1) is 5.41 Å². The Morgan fingerprint density at radius 1 is 1.35 bits per heavy atom. The number of ether oxygens (including phenoxy) is 1. The van der Waals surface area contributed by atoms with E-state index in [1.54, 1.807) is 20.8 Å². The number of hydrogen-bond donors (Lipinski definition) is 2. The Hall–Kier alpha value is -1.19. The van der Waals surface area contributed by atoms with Crippen molar-refractivity contribution in [2.45, 2.75) is 51.4 Å². The summed E-state index contributed by atoms with van der Waals surface area (Å²) in [7, 11) is 0. The van der Waals surface area contributed by atoms with Gasteiger partial charge in [-0.2, -0.15) is 13.2 Å². The van der Waals surface area contributed by atoms with Crippen LogP contribution in [0.4, 0.5) is 13.2 Å². The van der Waals surface area contributed by atoms with Gasteiger partial charge in [0, 0.05) is 13.2 Å². The summed E-state index contributed by atoms with van der Waals surface area (Å²) >= 11 is 0. The maximum atomic E-state index is 13.0. The molecule has 1 heterocycles. The van der Waals surface area contributed by atoms with Crippen molar-refractivity contribution in [3.05, 3.63) is 0 Å². The molecule has 0 amide bonds. The number of esters is 1. The lowest BCUT2D eigenvalue weighted by Crippen LogP contribution is -2.65. The monoisotopic (exact) mass is 340 g/mol. The molecule has 0 radical (unpaired) electrons. The molecule has 0 aromatic heterocycles. The number of Topliss-reactive ketones (excluding diaryl/α,β-unsaturated/α-hetero) is 1. The quantitative estimate of drug-likeness (QED) is 0.736. The van der Waals surface area contributed by atoms with E-state index in [2.05, 4.69) is 0 Å². The molecule has 1 fully saturated rings. The second-order valence-corrected chi connectivity index (χ2v) is 6.68. The van der Waals surface area contributed by atoms with Gasteiger partial charge in [0.25, 0.3) is 0 Å². The van der Waals surface area contributed by atoms with Crippen LogP contribution in [0.5, 0.6) is 0 Å². The highest BCUT2D eigenvalue weighted by molar-refractivity contribution is 5.96. The number of ketones is 1. The first-order valence-electron chi connectivity index (χ1n) is 7.28. The summed E-state index contributed by atoms with van der Waals surface area (Å²) in [6.45, 7) is 3.60. The lowest BCUT2D eigenvalue weighted by atomic mass is 9.70. The number of aliphatic hydroxyl groups excluding tert-OH is 1. The van der Waals surface area contributed by atoms with Gasteiger partial charge in [0.15, 0.2) is 0 Å². The molecule has 2 atom stereocenters. The summed E-state index contributed by atoms with van der Waals surface area (Å²) in [5.41, 5.74) is 2.28. The Balaban J connectivity index is 3.33. The van der Waals surface area contributed by atoms with E-state index in [0.29, 0.717) is 0 Å². The number of rotatable bonds is 4. The molecule has 0 aliphatic carbocycles. The van der Waals surface area contributed by atoms with E-state index < -0.39 is 41.6 Å². The number of nitrogens with zero attached hydrogens (tertiary/aromatic N) is 1. The Bertz CT molecular complexity index is 462. The van der Waals surface area contributed by atoms with Crippen LogP contribution in [0.3, 0.4) is 0 Å². The highest BCUT2D eigenvalue weighted by Gasteiger charge is 2.61. The number of aliphatic hydroxyl groups is 1. The summed E-state index contributed by atoms with van der Waals surface area (Å²) in [6, 6.07) is -1.57. The first-order valence-corrected chi connectivity index (χ1v) is 7.28. The van der Waals surface area contributed by atoms with Gasteiger partial charge in [0.05, 0.1) is 12.0 Å². The summed E-state index contributed by atoms with van der Waals surface area (Å²) in [6.07, 6.45) is -5.22. The van der Waals surface area contributed by atoms with Crippen molar-refractivity contribution < 1.29 is 32.6 Å². The molecule has 3 N–H and O–H groups in total. The van der Waals surface area contributed by atoms with Crippen LogP contribution in [-0.4, -0.2) is 59.4 Å². The minimum absolute atomic E-state index is 0.207. The molecule has 1 rings (SSSR count). The first kappa shape index (κ1) is 19.9. The Labute approximate surface area is 132 Å². The van der Waals surface area contributed by atoms with Gasteiger partial charge in [-0.3, -0.25) is 14.5 Å². The van der Waals surface area contributed by atoms with Crippen LogP contribution < -0.4 is 5.73 Å². The minimum atomic E-state index is -5.17. The van der Waals surface area contributed by atoms with Crippen molar-refractivity contribution in [1.82, 2.24) is 4.90 Å². The van der Waals surface area contributed by atoms with Crippen molar-refractivity contribution in [2.24, 2.45) is 11.1 Å². The largest absolute Gasteiger partial charge is 0.459 e. The van der Waals surface area contributed by atoms with E-state index >= 15 is 0 Å². The molecule has 6 nitrogen and oxygen atoms in total. The fraction of sp³-hybridized carbons (Fsp3) is 0.857. The van der Waals surface area contributed by atoms with Gasteiger partial charge in [-0.05, 0) is 33.6 Å². The fourth-order valence-corrected chi connectivity index (χ4v) is 2.90. The molecule has 1 aliphatic heterocycles. The number of piperidine rings is 1. The average Bonchev–Trinajstić information content (AvgIpc) is 2.42. The van der Waals surface area contributed by atoms with Crippen molar-refractivity contribution in [3.63, 3.8) is 0 Å². The van der Waals surface area contributed by atoms with Crippen LogP contribution >= 0.6 is 0 Å². The molecule has 134 valence electrons. The zero-order valence-electron chi connectivity index (χ0n) is 13.4. The van der Waals surface area contributed by atoms with E-state index in [4.69, 9.17) is 10.5 Å².